The van der Waals surface area contributed by atoms with E-state index in [9.17, 15) is 127 Å². The van der Waals surface area contributed by atoms with Crippen LogP contribution in [0.5, 0.6) is 28.7 Å². The van der Waals surface area contributed by atoms with E-state index < -0.39 is 127 Å². The van der Waals surface area contributed by atoms with Crippen LogP contribution in [0, 0.1) is 29.1 Å². The highest BCUT2D eigenvalue weighted by Gasteiger charge is 2.38. The molecule has 9 aromatic carbocycles. The number of carbonyl (C=O) groups is 4. The Labute approximate surface area is 795 Å². The van der Waals surface area contributed by atoms with E-state index in [4.69, 9.17) is 24.7 Å². The number of carbonyl (C=O) groups excluding carboxylic acids is 4. The summed E-state index contributed by atoms with van der Waals surface area (Å²) in [5.41, 5.74) is 3.78. The first-order chi connectivity index (χ1) is 65.8. The summed E-state index contributed by atoms with van der Waals surface area (Å²) < 4.78 is 361. The van der Waals surface area contributed by atoms with E-state index in [-0.39, 0.29) is 116 Å². The molecule has 4 aliphatic rings. The van der Waals surface area contributed by atoms with Gasteiger partial charge < -0.3 is 44.8 Å². The highest BCUT2D eigenvalue weighted by atomic mass is 32.2. The quantitative estimate of drug-likeness (QED) is 0.0285. The number of halogens is 17. The number of aromatic nitrogens is 4. The SMILES string of the molecule is COc1cc(C(F)(F)F)ccc1-c1nccc2cc(S(=O)(=O)N=C3NC(=O)CS3)ccc12.COc1cc(C(F)(F)F)ccc1-c1nccc2cc(S(=O)(=O)N=C3NC(=O)CS3)ccc12.COc1cc(C(F)(F)F)ccc1-c1nccc2cc(S(=O)(=O)N=C3NC(=O)CS3)ccc12.COc1cc(C(F)(F)F)ccc1-c1nccc2cc(S(=O)(=O)Oc3c(F)c(F)c(F)c(F)c3F)ccc12.NC1=NC(=O)CS1. The van der Waals surface area contributed by atoms with E-state index in [2.05, 4.69) is 58.3 Å². The molecule has 0 unspecified atom stereocenters. The predicted octanol–water partition coefficient (Wildman–Crippen LogP) is 17.5. The van der Waals surface area contributed by atoms with Crippen molar-refractivity contribution in [2.75, 3.05) is 51.5 Å². The van der Waals surface area contributed by atoms with Crippen LogP contribution in [0.15, 0.2) is 232 Å². The number of nitrogens with two attached hydrogens (primary N) is 1. The standard InChI is InChI=1S/C23H11F8NO4S.3C20H14F3N3O4S2.C3H4N2OS/c1-35-15-9-11(23(29,30)31)2-4-14(15)21-13-5-3-12(8-10(13)6-7-32-21)37(33,34)36-22-19(27)17(25)16(24)18(26)20(22)28;3*1-30-16-9-12(20(21,22)23)2-4-15(16)18-14-5-3-13(8-11(14)6-7-24-18)32(28,29)26-19-25-17(27)10-31-19;4-3-5-2(6)1-7-3/h2-9H,1H3;3*2-9H,10H2,1H3,(H,25,26,27);1H2,(H2,4,5,6). The lowest BCUT2D eigenvalue weighted by Crippen LogP contribution is -2.21. The number of nitrogens with zero attached hydrogens (tertiary/aromatic N) is 8. The molecule has 140 heavy (non-hydrogen) atoms. The number of rotatable bonds is 17. The maximum absolute atomic E-state index is 13.9. The van der Waals surface area contributed by atoms with E-state index in [0.717, 1.165) is 109 Å². The number of sulfonamides is 3. The van der Waals surface area contributed by atoms with Gasteiger partial charge in [-0.25, -0.2) is 13.2 Å². The zero-order valence-corrected chi connectivity index (χ0v) is 77.1. The van der Waals surface area contributed by atoms with E-state index in [1.807, 2.05) is 0 Å². The first-order valence-electron chi connectivity index (χ1n) is 38.7. The molecule has 8 heterocycles. The van der Waals surface area contributed by atoms with Crippen LogP contribution in [0.4, 0.5) is 74.6 Å². The molecule has 29 nitrogen and oxygen atoms in total. The van der Waals surface area contributed by atoms with E-state index in [1.165, 1.54) is 143 Å². The molecular weight excluding hydrogens is 2050 g/mol. The Hall–Kier alpha value is -13.8. The lowest BCUT2D eigenvalue weighted by atomic mass is 10.0. The summed E-state index contributed by atoms with van der Waals surface area (Å²) in [6, 6.07) is 33.6. The third kappa shape index (κ3) is 23.7. The Bertz CT molecular complexity index is 7330. The number of hydrogen-bond donors (Lipinski definition) is 4. The minimum absolute atomic E-state index is 0.00000470. The number of methoxy groups -OCH3 is 4. The average Bonchev–Trinajstić information content (AvgIpc) is 0.890. The second kappa shape index (κ2) is 41.3. The first kappa shape index (κ1) is 104. The molecule has 5 N–H and O–H groups in total. The minimum Gasteiger partial charge on any atom is -0.496 e. The molecule has 54 heteroatoms. The zero-order chi connectivity index (χ0) is 102. The molecule has 3 fully saturated rings. The molecule has 0 radical (unpaired) electrons. The Morgan fingerprint density at radius 1 is 0.336 bits per heavy atom. The summed E-state index contributed by atoms with van der Waals surface area (Å²) >= 11 is 4.25. The second-order valence-electron chi connectivity index (χ2n) is 28.5. The molecule has 3 saturated heterocycles. The molecule has 4 amide bonds. The summed E-state index contributed by atoms with van der Waals surface area (Å²) in [5, 5.41) is 10.9. The van der Waals surface area contributed by atoms with Crippen LogP contribution in [-0.4, -0.2) is 149 Å². The van der Waals surface area contributed by atoms with Crippen molar-refractivity contribution in [2.45, 2.75) is 44.3 Å². The summed E-state index contributed by atoms with van der Waals surface area (Å²) in [5.74, 6) is -14.9. The number of thioether (sulfide) groups is 4. The molecular formula is C86H57F17N12O17S8. The highest BCUT2D eigenvalue weighted by molar-refractivity contribution is 8.16. The fraction of sp³-hybridized carbons (Fsp3) is 0.140. The van der Waals surface area contributed by atoms with Gasteiger partial charge in [-0.3, -0.25) is 39.1 Å². The third-order valence-electron chi connectivity index (χ3n) is 19.6. The molecule has 0 spiro atoms. The lowest BCUT2D eigenvalue weighted by Gasteiger charge is -2.14. The van der Waals surface area contributed by atoms with Gasteiger partial charge >= 0.3 is 34.8 Å². The van der Waals surface area contributed by atoms with E-state index in [1.54, 1.807) is 18.2 Å². The maximum atomic E-state index is 13.9. The van der Waals surface area contributed by atoms with E-state index in [0.29, 0.717) is 77.0 Å². The number of benzene rings is 9. The summed E-state index contributed by atoms with van der Waals surface area (Å²) in [4.78, 5) is 63.3. The Morgan fingerprint density at radius 2 is 0.593 bits per heavy atom. The van der Waals surface area contributed by atoms with Crippen LogP contribution in [-0.2, 0) is 84.1 Å². The lowest BCUT2D eigenvalue weighted by molar-refractivity contribution is -0.138. The monoisotopic (exact) mass is 2110 g/mol. The van der Waals surface area contributed by atoms with Gasteiger partial charge in [-0.15, -0.1) is 13.2 Å². The van der Waals surface area contributed by atoms with Crippen molar-refractivity contribution in [1.82, 2.24) is 35.9 Å². The number of fused-ring (bicyclic) bond motifs is 4. The van der Waals surface area contributed by atoms with Crippen molar-refractivity contribution < 1.29 is 151 Å². The van der Waals surface area contributed by atoms with E-state index >= 15 is 0 Å². The largest absolute Gasteiger partial charge is 0.496 e. The molecule has 0 aliphatic carbocycles. The van der Waals surface area contributed by atoms with Crippen molar-refractivity contribution in [3.8, 4) is 73.8 Å². The number of aliphatic imine (C=N–C) groups is 1. The number of hydrogen-bond acceptors (Lipinski definition) is 26. The number of amidine groups is 4. The van der Waals surface area contributed by atoms with Crippen LogP contribution in [0.3, 0.4) is 0 Å². The Balaban J connectivity index is 0.000000153. The predicted molar refractivity (Wildman–Crippen MR) is 484 cm³/mol. The zero-order valence-electron chi connectivity index (χ0n) is 70.6. The number of nitrogens with one attached hydrogen (secondary N) is 3. The van der Waals surface area contributed by atoms with Gasteiger partial charge in [0.25, 0.3) is 36.0 Å². The number of alkyl halides is 12. The third-order valence-corrected chi connectivity index (χ3v) is 28.4. The molecule has 13 aromatic rings. The van der Waals surface area contributed by atoms with Gasteiger partial charge in [0.2, 0.25) is 52.6 Å². The van der Waals surface area contributed by atoms with Gasteiger partial charge in [0.15, 0.2) is 20.7 Å². The Kier molecular flexibility index (Phi) is 30.6. The number of amides is 4. The number of pyridine rings is 4. The Morgan fingerprint density at radius 3 is 0.814 bits per heavy atom. The molecule has 0 bridgehead atoms. The molecule has 4 aliphatic heterocycles. The summed E-state index contributed by atoms with van der Waals surface area (Å²) in [6.45, 7) is 0. The molecule has 0 atom stereocenters. The van der Waals surface area contributed by atoms with Crippen LogP contribution >= 0.6 is 47.0 Å². The van der Waals surface area contributed by atoms with Crippen LogP contribution < -0.4 is 44.8 Å². The fourth-order valence-corrected chi connectivity index (χ4v) is 20.3. The second-order valence-corrected chi connectivity index (χ2v) is 38.8. The molecule has 17 rings (SSSR count). The fourth-order valence-electron chi connectivity index (χ4n) is 13.1. The molecule has 0 saturated carbocycles. The first-order valence-corrected chi connectivity index (χ1v) is 48.3. The average molecular weight is 2110 g/mol. The number of ether oxygens (including phenoxy) is 4. The molecule has 4 aromatic heterocycles. The van der Waals surface area contributed by atoms with Gasteiger partial charge in [0, 0.05) is 68.6 Å². The van der Waals surface area contributed by atoms with Crippen LogP contribution in [0.2, 0.25) is 0 Å². The van der Waals surface area contributed by atoms with Gasteiger partial charge in [-0.1, -0.05) is 71.3 Å². The topological polar surface area (TPSA) is 414 Å². The van der Waals surface area contributed by atoms with Crippen molar-refractivity contribution in [3.63, 3.8) is 0 Å². The van der Waals surface area contributed by atoms with Crippen LogP contribution in [0.1, 0.15) is 22.3 Å². The normalized spacial score (nSPS) is 15.1. The van der Waals surface area contributed by atoms with Gasteiger partial charge in [0.1, 0.15) is 27.9 Å². The van der Waals surface area contributed by atoms with Crippen molar-refractivity contribution in [1.29, 1.82) is 0 Å². The highest BCUT2D eigenvalue weighted by Crippen LogP contribution is 2.46. The van der Waals surface area contributed by atoms with Gasteiger partial charge in [-0.2, -0.15) is 100 Å². The summed E-state index contributed by atoms with van der Waals surface area (Å²) in [7, 11) is -12.5. The van der Waals surface area contributed by atoms with Gasteiger partial charge in [0.05, 0.1) is 111 Å². The smallest absolute Gasteiger partial charge is 0.416 e. The van der Waals surface area contributed by atoms with Crippen LogP contribution in [0.25, 0.3) is 88.1 Å². The van der Waals surface area contributed by atoms with Crippen molar-refractivity contribution in [3.05, 3.63) is 246 Å². The minimum atomic E-state index is -5.11. The molecule has 730 valence electrons. The van der Waals surface area contributed by atoms with Crippen molar-refractivity contribution in [2.24, 2.45) is 23.9 Å². The maximum Gasteiger partial charge on any atom is 0.416 e. The summed E-state index contributed by atoms with van der Waals surface area (Å²) in [6.07, 6.45) is -12.8. The van der Waals surface area contributed by atoms with Crippen molar-refractivity contribution >= 4 is 175 Å². The van der Waals surface area contributed by atoms with Gasteiger partial charge in [-0.05, 0) is 167 Å².